The van der Waals surface area contributed by atoms with Crippen molar-refractivity contribution in [3.8, 4) is 0 Å². The van der Waals surface area contributed by atoms with Crippen LogP contribution in [0.5, 0.6) is 0 Å². The lowest BCUT2D eigenvalue weighted by Gasteiger charge is -2.04. The first kappa shape index (κ1) is 7.50. The van der Waals surface area contributed by atoms with E-state index in [1.54, 1.807) is 11.3 Å². The fourth-order valence-electron chi connectivity index (χ4n) is 0.595. The topological polar surface area (TPSA) is 42.2 Å². The Kier molecular flexibility index (Phi) is 2.24. The van der Waals surface area contributed by atoms with Crippen molar-refractivity contribution in [2.45, 2.75) is 6.54 Å². The minimum absolute atomic E-state index is 0.532. The predicted octanol–water partition coefficient (Wildman–Crippen LogP) is 0.668. The van der Waals surface area contributed by atoms with Crippen LogP contribution in [0.4, 0.5) is 5.13 Å². The van der Waals surface area contributed by atoms with E-state index in [1.165, 1.54) is 0 Å². The van der Waals surface area contributed by atoms with Gasteiger partial charge in [-0.25, -0.2) is 4.98 Å². The van der Waals surface area contributed by atoms with Gasteiger partial charge < -0.3 is 10.6 Å². The van der Waals surface area contributed by atoms with E-state index in [0.717, 1.165) is 10.8 Å². The van der Waals surface area contributed by atoms with Crippen molar-refractivity contribution in [3.63, 3.8) is 0 Å². The Bertz CT molecular complexity index is 207. The summed E-state index contributed by atoms with van der Waals surface area (Å²) in [4.78, 5) is 6.22. The molecule has 0 aliphatic carbocycles. The molecule has 3 nitrogen and oxygen atoms in total. The van der Waals surface area contributed by atoms with Crippen LogP contribution < -0.4 is 10.6 Å². The lowest BCUT2D eigenvalue weighted by atomic mass is 10.5. The lowest BCUT2D eigenvalue weighted by molar-refractivity contribution is 0.991. The van der Waals surface area contributed by atoms with Crippen molar-refractivity contribution in [2.75, 3.05) is 19.0 Å². The van der Waals surface area contributed by atoms with Gasteiger partial charge in [0.1, 0.15) is 0 Å². The number of nitrogens with zero attached hydrogens (tertiary/aromatic N) is 2. The monoisotopic (exact) mass is 157 g/mol. The number of aromatic nitrogens is 1. The summed E-state index contributed by atoms with van der Waals surface area (Å²) in [6.07, 6.45) is 0. The second-order valence-electron chi connectivity index (χ2n) is 2.22. The normalized spacial score (nSPS) is 9.90. The summed E-state index contributed by atoms with van der Waals surface area (Å²) in [5.74, 6) is 0. The molecule has 2 N–H and O–H groups in total. The zero-order chi connectivity index (χ0) is 7.56. The molecule has 0 aromatic carbocycles. The third kappa shape index (κ3) is 1.46. The van der Waals surface area contributed by atoms with E-state index >= 15 is 0 Å². The molecule has 0 unspecified atom stereocenters. The summed E-state index contributed by atoms with van der Waals surface area (Å²) < 4.78 is 0. The van der Waals surface area contributed by atoms with Gasteiger partial charge >= 0.3 is 0 Å². The molecule has 0 aliphatic heterocycles. The molecular formula is C6H11N3S. The van der Waals surface area contributed by atoms with Crippen molar-refractivity contribution >= 4 is 16.5 Å². The maximum atomic E-state index is 5.39. The summed E-state index contributed by atoms with van der Waals surface area (Å²) in [7, 11) is 3.94. The Morgan fingerprint density at radius 3 is 2.70 bits per heavy atom. The second kappa shape index (κ2) is 2.98. The van der Waals surface area contributed by atoms with Gasteiger partial charge in [-0.1, -0.05) is 0 Å². The number of hydrogen-bond acceptors (Lipinski definition) is 4. The van der Waals surface area contributed by atoms with Gasteiger partial charge in [0.25, 0.3) is 0 Å². The smallest absolute Gasteiger partial charge is 0.185 e. The molecule has 0 saturated heterocycles. The average molecular weight is 157 g/mol. The first-order valence-electron chi connectivity index (χ1n) is 3.06. The lowest BCUT2D eigenvalue weighted by Crippen LogP contribution is -2.08. The average Bonchev–Trinajstić information content (AvgIpc) is 2.34. The maximum absolute atomic E-state index is 5.39. The van der Waals surface area contributed by atoms with Gasteiger partial charge in [0.2, 0.25) is 0 Å². The van der Waals surface area contributed by atoms with Gasteiger partial charge in [-0.3, -0.25) is 0 Å². The van der Waals surface area contributed by atoms with Crippen molar-refractivity contribution < 1.29 is 0 Å². The summed E-state index contributed by atoms with van der Waals surface area (Å²) >= 11 is 1.62. The van der Waals surface area contributed by atoms with E-state index < -0.39 is 0 Å². The van der Waals surface area contributed by atoms with E-state index in [4.69, 9.17) is 5.73 Å². The second-order valence-corrected chi connectivity index (χ2v) is 3.06. The van der Waals surface area contributed by atoms with Crippen molar-refractivity contribution in [1.82, 2.24) is 4.98 Å². The fourth-order valence-corrected chi connectivity index (χ4v) is 1.37. The van der Waals surface area contributed by atoms with Crippen LogP contribution in [0.3, 0.4) is 0 Å². The van der Waals surface area contributed by atoms with Gasteiger partial charge in [-0.05, 0) is 0 Å². The van der Waals surface area contributed by atoms with Crippen LogP contribution in [0.25, 0.3) is 0 Å². The third-order valence-electron chi connectivity index (χ3n) is 1.13. The van der Waals surface area contributed by atoms with Gasteiger partial charge in [0.15, 0.2) is 5.13 Å². The van der Waals surface area contributed by atoms with Gasteiger partial charge in [-0.15, -0.1) is 11.3 Å². The maximum Gasteiger partial charge on any atom is 0.185 e. The highest BCUT2D eigenvalue weighted by Crippen LogP contribution is 2.16. The molecule has 4 heteroatoms. The quantitative estimate of drug-likeness (QED) is 0.686. The molecule has 56 valence electrons. The Labute approximate surface area is 64.5 Å². The first-order valence-corrected chi connectivity index (χ1v) is 3.94. The van der Waals surface area contributed by atoms with Crippen LogP contribution in [0.2, 0.25) is 0 Å². The zero-order valence-corrected chi connectivity index (χ0v) is 6.98. The van der Waals surface area contributed by atoms with Crippen molar-refractivity contribution in [2.24, 2.45) is 5.73 Å². The molecule has 0 bridgehead atoms. The van der Waals surface area contributed by atoms with Gasteiger partial charge in [0.05, 0.1) is 5.69 Å². The molecule has 1 rings (SSSR count). The summed E-state index contributed by atoms with van der Waals surface area (Å²) in [5.41, 5.74) is 6.36. The highest BCUT2D eigenvalue weighted by molar-refractivity contribution is 7.13. The molecule has 1 heterocycles. The molecule has 0 spiro atoms. The molecule has 0 atom stereocenters. The van der Waals surface area contributed by atoms with Crippen LogP contribution >= 0.6 is 11.3 Å². The Hall–Kier alpha value is -0.610. The minimum Gasteiger partial charge on any atom is -0.354 e. The molecule has 0 radical (unpaired) electrons. The number of hydrogen-bond donors (Lipinski definition) is 1. The van der Waals surface area contributed by atoms with E-state index in [-0.39, 0.29) is 0 Å². The number of nitrogens with two attached hydrogens (primary N) is 1. The number of thiazole rings is 1. The van der Waals surface area contributed by atoms with E-state index in [2.05, 4.69) is 4.98 Å². The largest absolute Gasteiger partial charge is 0.354 e. The fraction of sp³-hybridized carbons (Fsp3) is 0.500. The van der Waals surface area contributed by atoms with Crippen LogP contribution in [0.15, 0.2) is 5.38 Å². The summed E-state index contributed by atoms with van der Waals surface area (Å²) in [6.45, 7) is 0.532. The molecule has 1 aromatic rings. The van der Waals surface area contributed by atoms with Crippen molar-refractivity contribution in [3.05, 3.63) is 11.1 Å². The molecular weight excluding hydrogens is 146 g/mol. The van der Waals surface area contributed by atoms with E-state index in [9.17, 15) is 0 Å². The van der Waals surface area contributed by atoms with Crippen molar-refractivity contribution in [1.29, 1.82) is 0 Å². The van der Waals surface area contributed by atoms with Crippen LogP contribution in [-0.2, 0) is 6.54 Å². The standard InChI is InChI=1S/C6H11N3S/c1-9(2)6-8-5(3-7)4-10-6/h4H,3,7H2,1-2H3. The summed E-state index contributed by atoms with van der Waals surface area (Å²) in [6, 6.07) is 0. The Balaban J connectivity index is 2.78. The molecule has 0 fully saturated rings. The van der Waals surface area contributed by atoms with Crippen LogP contribution in [0.1, 0.15) is 5.69 Å². The van der Waals surface area contributed by atoms with Crippen LogP contribution in [-0.4, -0.2) is 19.1 Å². The Morgan fingerprint density at radius 2 is 2.40 bits per heavy atom. The minimum atomic E-state index is 0.532. The number of anilines is 1. The highest BCUT2D eigenvalue weighted by atomic mass is 32.1. The predicted molar refractivity (Wildman–Crippen MR) is 44.3 cm³/mol. The van der Waals surface area contributed by atoms with Gasteiger partial charge in [-0.2, -0.15) is 0 Å². The summed E-state index contributed by atoms with van der Waals surface area (Å²) in [5, 5.41) is 3.00. The molecule has 0 saturated carbocycles. The van der Waals surface area contributed by atoms with Crippen LogP contribution in [0, 0.1) is 0 Å². The van der Waals surface area contributed by atoms with E-state index in [0.29, 0.717) is 6.54 Å². The molecule has 1 aromatic heterocycles. The van der Waals surface area contributed by atoms with Gasteiger partial charge in [0, 0.05) is 26.0 Å². The van der Waals surface area contributed by atoms with E-state index in [1.807, 2.05) is 24.4 Å². The highest BCUT2D eigenvalue weighted by Gasteiger charge is 2.00. The Morgan fingerprint density at radius 1 is 1.70 bits per heavy atom. The third-order valence-corrected chi connectivity index (χ3v) is 2.19. The molecule has 10 heavy (non-hydrogen) atoms. The number of rotatable bonds is 2. The zero-order valence-electron chi connectivity index (χ0n) is 6.16. The first-order chi connectivity index (χ1) is 4.74. The SMILES string of the molecule is CN(C)c1nc(CN)cs1. The molecule has 0 amide bonds. The molecule has 0 aliphatic rings.